The molecule has 5 rings (SSSR count). The molecular formula is C39H51N3O7. The Balaban J connectivity index is 1.38. The number of likely N-dealkylation sites (N-methyl/N-ethyl adjacent to an activating group) is 1. The van der Waals surface area contributed by atoms with E-state index in [1.807, 2.05) is 78.9 Å². The van der Waals surface area contributed by atoms with Crippen LogP contribution in [0.5, 0.6) is 5.75 Å². The minimum absolute atomic E-state index is 0.0260. The number of morpholine rings is 1. The van der Waals surface area contributed by atoms with Crippen LogP contribution in [0.2, 0.25) is 0 Å². The second-order valence-corrected chi connectivity index (χ2v) is 14.0. The third-order valence-electron chi connectivity index (χ3n) is 9.23. The quantitative estimate of drug-likeness (QED) is 0.243. The highest BCUT2D eigenvalue weighted by molar-refractivity contribution is 5.84. The third-order valence-corrected chi connectivity index (χ3v) is 9.23. The van der Waals surface area contributed by atoms with Gasteiger partial charge in [0.2, 0.25) is 5.91 Å². The summed E-state index contributed by atoms with van der Waals surface area (Å²) in [5.74, 6) is -0.330. The van der Waals surface area contributed by atoms with Gasteiger partial charge in [-0.2, -0.15) is 0 Å². The first kappa shape index (κ1) is 36.3. The smallest absolute Gasteiger partial charge is 0.407 e. The normalized spacial score (nSPS) is 19.7. The van der Waals surface area contributed by atoms with Crippen molar-refractivity contribution >= 4 is 12.0 Å². The molecule has 0 spiro atoms. The number of carbonyl (C=O) groups is 2. The molecule has 10 heteroatoms. The van der Waals surface area contributed by atoms with Gasteiger partial charge in [0.15, 0.2) is 0 Å². The minimum Gasteiger partial charge on any atom is -0.492 e. The molecule has 0 unspecified atom stereocenters. The number of nitrogens with zero attached hydrogens (tertiary/aromatic N) is 2. The molecule has 0 saturated carbocycles. The first-order valence-electron chi connectivity index (χ1n) is 17.3. The lowest BCUT2D eigenvalue weighted by molar-refractivity contribution is -0.136. The molecule has 1 fully saturated rings. The van der Waals surface area contributed by atoms with E-state index in [9.17, 15) is 19.8 Å². The van der Waals surface area contributed by atoms with Crippen molar-refractivity contribution in [3.8, 4) is 5.75 Å². The van der Waals surface area contributed by atoms with Crippen molar-refractivity contribution in [2.45, 2.75) is 75.8 Å². The highest BCUT2D eigenvalue weighted by Crippen LogP contribution is 2.38. The van der Waals surface area contributed by atoms with Gasteiger partial charge in [0.05, 0.1) is 43.4 Å². The molecule has 0 aromatic heterocycles. The number of aliphatic hydroxyl groups is 2. The number of ether oxygens (including phenoxy) is 3. The first-order valence-corrected chi connectivity index (χ1v) is 17.3. The fraction of sp³-hybridized carbons (Fsp3) is 0.487. The third kappa shape index (κ3) is 10.0. The summed E-state index contributed by atoms with van der Waals surface area (Å²) in [6.45, 7) is 9.90. The summed E-state index contributed by atoms with van der Waals surface area (Å²) in [5, 5.41) is 25.8. The Labute approximate surface area is 290 Å². The molecule has 3 aromatic rings. The van der Waals surface area contributed by atoms with Gasteiger partial charge >= 0.3 is 6.09 Å². The van der Waals surface area contributed by atoms with E-state index in [4.69, 9.17) is 14.2 Å². The molecule has 1 aliphatic heterocycles. The predicted molar refractivity (Wildman–Crippen MR) is 188 cm³/mol. The topological polar surface area (TPSA) is 121 Å². The fourth-order valence-corrected chi connectivity index (χ4v) is 6.71. The number of benzene rings is 3. The van der Waals surface area contributed by atoms with Gasteiger partial charge in [-0.05, 0) is 68.0 Å². The number of nitrogens with one attached hydrogen (secondary N) is 1. The van der Waals surface area contributed by atoms with Gasteiger partial charge in [0.25, 0.3) is 0 Å². The second kappa shape index (κ2) is 16.6. The number of carbonyl (C=O) groups excluding carboxylic acids is 2. The maximum atomic E-state index is 14.5. The van der Waals surface area contributed by atoms with Gasteiger partial charge in [-0.1, -0.05) is 66.7 Å². The summed E-state index contributed by atoms with van der Waals surface area (Å²) in [5.41, 5.74) is 2.83. The molecule has 49 heavy (non-hydrogen) atoms. The van der Waals surface area contributed by atoms with Crippen LogP contribution < -0.4 is 10.1 Å². The lowest BCUT2D eigenvalue weighted by Crippen LogP contribution is -2.48. The number of rotatable bonds is 13. The van der Waals surface area contributed by atoms with Crippen molar-refractivity contribution in [1.82, 2.24) is 15.1 Å². The number of aliphatic hydroxyl groups excluding tert-OH is 2. The first-order chi connectivity index (χ1) is 23.5. The zero-order valence-corrected chi connectivity index (χ0v) is 29.1. The Morgan fingerprint density at radius 3 is 2.37 bits per heavy atom. The Kier molecular flexibility index (Phi) is 12.3. The van der Waals surface area contributed by atoms with E-state index in [1.54, 1.807) is 32.7 Å². The van der Waals surface area contributed by atoms with Crippen molar-refractivity contribution in [2.24, 2.45) is 0 Å². The molecule has 2 amide bonds. The zero-order chi connectivity index (χ0) is 35.0. The molecule has 0 radical (unpaired) electrons. The van der Waals surface area contributed by atoms with E-state index in [0.717, 1.165) is 49.5 Å². The summed E-state index contributed by atoms with van der Waals surface area (Å²) in [4.78, 5) is 31.3. The number of fused-ring (bicyclic) bond motifs is 1. The average Bonchev–Trinajstić information content (AvgIpc) is 3.42. The van der Waals surface area contributed by atoms with Crippen molar-refractivity contribution in [1.29, 1.82) is 0 Å². The summed E-state index contributed by atoms with van der Waals surface area (Å²) in [6.07, 6.45) is -1.68. The minimum atomic E-state index is -1.11. The van der Waals surface area contributed by atoms with E-state index in [0.29, 0.717) is 30.8 Å². The largest absolute Gasteiger partial charge is 0.492 e. The van der Waals surface area contributed by atoms with Crippen molar-refractivity contribution in [2.75, 3.05) is 46.5 Å². The monoisotopic (exact) mass is 673 g/mol. The van der Waals surface area contributed by atoms with Crippen LogP contribution in [0.4, 0.5) is 4.79 Å². The van der Waals surface area contributed by atoms with E-state index < -0.39 is 41.9 Å². The lowest BCUT2D eigenvalue weighted by Gasteiger charge is -2.34. The van der Waals surface area contributed by atoms with Gasteiger partial charge < -0.3 is 34.6 Å². The van der Waals surface area contributed by atoms with Crippen molar-refractivity contribution in [3.05, 3.63) is 101 Å². The fourth-order valence-electron chi connectivity index (χ4n) is 6.71. The van der Waals surface area contributed by atoms with Gasteiger partial charge in [-0.3, -0.25) is 9.69 Å². The summed E-state index contributed by atoms with van der Waals surface area (Å²) >= 11 is 0. The highest BCUT2D eigenvalue weighted by atomic mass is 16.6. The van der Waals surface area contributed by atoms with Crippen molar-refractivity contribution in [3.63, 3.8) is 0 Å². The van der Waals surface area contributed by atoms with Crippen LogP contribution in [0.25, 0.3) is 0 Å². The maximum absolute atomic E-state index is 14.5. The molecule has 1 heterocycles. The summed E-state index contributed by atoms with van der Waals surface area (Å²) in [6, 6.07) is 23.5. The summed E-state index contributed by atoms with van der Waals surface area (Å²) < 4.78 is 17.0. The maximum Gasteiger partial charge on any atom is 0.407 e. The van der Waals surface area contributed by atoms with Crippen LogP contribution in [0.1, 0.15) is 61.4 Å². The van der Waals surface area contributed by atoms with Crippen LogP contribution in [-0.2, 0) is 27.1 Å². The molecule has 5 atom stereocenters. The number of amides is 2. The Hall–Kier alpha value is -3.96. The zero-order valence-electron chi connectivity index (χ0n) is 29.1. The van der Waals surface area contributed by atoms with E-state index >= 15 is 0 Å². The number of hydrogen-bond acceptors (Lipinski definition) is 8. The second-order valence-electron chi connectivity index (χ2n) is 14.0. The molecule has 3 N–H and O–H groups in total. The molecule has 3 aromatic carbocycles. The molecule has 1 saturated heterocycles. The Morgan fingerprint density at radius 2 is 1.67 bits per heavy atom. The van der Waals surface area contributed by atoms with Gasteiger partial charge in [0, 0.05) is 33.1 Å². The highest BCUT2D eigenvalue weighted by Gasteiger charge is 2.39. The Morgan fingerprint density at radius 1 is 1.00 bits per heavy atom. The SMILES string of the molecule is CN(C(=O)[C@H](C[C@H](O)[C@H](Cc1ccccc1)NC(=O)OC(C)(C)C)c1ccc(OCCN2CCOCC2)cc1)[C@H]1c2ccccc2C[C@H]1O. The standard InChI is InChI=1S/C39H51N3O7/c1-39(2,3)49-38(46)40-33(24-27-10-6-5-7-11-27)34(43)26-32(37(45)41(4)36-31-13-9-8-12-29(31)25-35(36)44)28-14-16-30(17-15-28)48-23-20-42-18-21-47-22-19-42/h5-17,32-36,43-44H,18-26H2,1-4H3,(H,40,46)/t32-,33+,34+,35-,36+/m1/s1. The van der Waals surface area contributed by atoms with Crippen LogP contribution in [0.3, 0.4) is 0 Å². The van der Waals surface area contributed by atoms with E-state index in [-0.39, 0.29) is 12.3 Å². The van der Waals surface area contributed by atoms with Gasteiger partial charge in [-0.25, -0.2) is 4.79 Å². The van der Waals surface area contributed by atoms with Gasteiger partial charge in [0.1, 0.15) is 18.0 Å². The predicted octanol–water partition coefficient (Wildman–Crippen LogP) is 4.48. The molecule has 2 aliphatic rings. The van der Waals surface area contributed by atoms with Crippen LogP contribution in [0.15, 0.2) is 78.9 Å². The van der Waals surface area contributed by atoms with E-state index in [1.165, 1.54) is 0 Å². The molecule has 0 bridgehead atoms. The van der Waals surface area contributed by atoms with Gasteiger partial charge in [-0.15, -0.1) is 0 Å². The number of hydrogen-bond donors (Lipinski definition) is 3. The van der Waals surface area contributed by atoms with E-state index in [2.05, 4.69) is 10.2 Å². The van der Waals surface area contributed by atoms with Crippen molar-refractivity contribution < 1.29 is 34.0 Å². The molecule has 264 valence electrons. The van der Waals surface area contributed by atoms with Crippen LogP contribution in [-0.4, -0.2) is 102 Å². The molecular weight excluding hydrogens is 622 g/mol. The molecule has 1 aliphatic carbocycles. The molecule has 10 nitrogen and oxygen atoms in total. The lowest BCUT2D eigenvalue weighted by atomic mass is 9.87. The van der Waals surface area contributed by atoms with Crippen LogP contribution in [0, 0.1) is 0 Å². The Bertz CT molecular complexity index is 1510. The number of alkyl carbamates (subject to hydrolysis) is 1. The summed E-state index contributed by atoms with van der Waals surface area (Å²) in [7, 11) is 1.71. The average molecular weight is 674 g/mol. The van der Waals surface area contributed by atoms with Crippen LogP contribution >= 0.6 is 0 Å².